The molecule has 0 aliphatic rings. The Morgan fingerprint density at radius 3 is 2.46 bits per heavy atom. The number of esters is 1. The first kappa shape index (κ1) is 17.8. The molecule has 7 heteroatoms. The van der Waals surface area contributed by atoms with Crippen LogP contribution in [0.4, 0.5) is 0 Å². The number of aryl methyl sites for hydroxylation is 1. The van der Waals surface area contributed by atoms with E-state index in [1.54, 1.807) is 22.5 Å². The highest BCUT2D eigenvalue weighted by atomic mass is 16.5. The zero-order valence-corrected chi connectivity index (χ0v) is 14.9. The molecular formula is C19H21N3O4. The molecule has 0 aliphatic heterocycles. The van der Waals surface area contributed by atoms with Gasteiger partial charge in [0.1, 0.15) is 11.8 Å². The van der Waals surface area contributed by atoms with Crippen LogP contribution in [0.15, 0.2) is 47.3 Å². The van der Waals surface area contributed by atoms with Crippen molar-refractivity contribution in [1.82, 2.24) is 9.36 Å². The third-order valence-corrected chi connectivity index (χ3v) is 4.42. The smallest absolute Gasteiger partial charge is 0.322 e. The minimum atomic E-state index is -0.710. The number of nitrogens with two attached hydrogens (primary N) is 1. The molecule has 0 radical (unpaired) electrons. The molecule has 0 bridgehead atoms. The Morgan fingerprint density at radius 2 is 1.85 bits per heavy atom. The molecule has 0 saturated carbocycles. The van der Waals surface area contributed by atoms with E-state index in [-0.39, 0.29) is 5.56 Å². The molecule has 3 aromatic rings. The highest BCUT2D eigenvalue weighted by molar-refractivity contribution is 5.81. The van der Waals surface area contributed by atoms with Crippen LogP contribution in [0.5, 0.6) is 5.75 Å². The number of nitrogens with zero attached hydrogens (tertiary/aromatic N) is 2. The fourth-order valence-corrected chi connectivity index (χ4v) is 3.01. The van der Waals surface area contributed by atoms with E-state index in [1.165, 1.54) is 7.11 Å². The lowest BCUT2D eigenvalue weighted by atomic mass is 10.1. The maximum atomic E-state index is 12.8. The van der Waals surface area contributed by atoms with Crippen molar-refractivity contribution in [1.29, 1.82) is 0 Å². The molecule has 1 atom stereocenters. The highest BCUT2D eigenvalue weighted by Gasteiger charge is 2.16. The Hall–Kier alpha value is -3.06. The molecule has 0 spiro atoms. The van der Waals surface area contributed by atoms with Crippen molar-refractivity contribution in [3.63, 3.8) is 0 Å². The summed E-state index contributed by atoms with van der Waals surface area (Å²) in [4.78, 5) is 24.3. The molecule has 2 N–H and O–H groups in total. The summed E-state index contributed by atoms with van der Waals surface area (Å²) < 4.78 is 13.2. The van der Waals surface area contributed by atoms with Gasteiger partial charge in [0.25, 0.3) is 5.56 Å². The number of benzene rings is 2. The van der Waals surface area contributed by atoms with Crippen molar-refractivity contribution in [2.24, 2.45) is 12.8 Å². The molecule has 0 fully saturated rings. The third-order valence-electron chi connectivity index (χ3n) is 4.42. The van der Waals surface area contributed by atoms with Crippen LogP contribution in [0.2, 0.25) is 0 Å². The molecule has 3 rings (SSSR count). The van der Waals surface area contributed by atoms with Crippen LogP contribution < -0.4 is 16.0 Å². The number of ether oxygens (including phenoxy) is 2. The third kappa shape index (κ3) is 3.09. The number of aromatic nitrogens is 2. The Balaban J connectivity index is 1.97. The molecular weight excluding hydrogens is 334 g/mol. The van der Waals surface area contributed by atoms with Gasteiger partial charge in [-0.05, 0) is 42.3 Å². The molecule has 0 saturated heterocycles. The van der Waals surface area contributed by atoms with Crippen molar-refractivity contribution in [3.8, 4) is 11.4 Å². The van der Waals surface area contributed by atoms with Crippen LogP contribution in [0.1, 0.15) is 5.56 Å². The molecule has 2 aromatic carbocycles. The van der Waals surface area contributed by atoms with E-state index >= 15 is 0 Å². The van der Waals surface area contributed by atoms with E-state index < -0.39 is 12.0 Å². The number of carbonyl (C=O) groups is 1. The number of fused-ring (bicyclic) bond motifs is 1. The summed E-state index contributed by atoms with van der Waals surface area (Å²) in [5.74, 6) is 0.187. The van der Waals surface area contributed by atoms with Gasteiger partial charge in [-0.15, -0.1) is 0 Å². The van der Waals surface area contributed by atoms with Crippen LogP contribution in [0, 0.1) is 0 Å². The first-order valence-corrected chi connectivity index (χ1v) is 8.14. The number of carbonyl (C=O) groups excluding carboxylic acids is 1. The van der Waals surface area contributed by atoms with Crippen molar-refractivity contribution in [3.05, 3.63) is 58.4 Å². The number of rotatable bonds is 5. The zero-order chi connectivity index (χ0) is 18.8. The normalized spacial score (nSPS) is 12.2. The van der Waals surface area contributed by atoms with Gasteiger partial charge >= 0.3 is 5.97 Å². The average Bonchev–Trinajstić information content (AvgIpc) is 2.91. The summed E-state index contributed by atoms with van der Waals surface area (Å²) in [5, 5.41) is 0.587. The first-order valence-electron chi connectivity index (χ1n) is 8.14. The topological polar surface area (TPSA) is 88.5 Å². The largest absolute Gasteiger partial charge is 0.497 e. The van der Waals surface area contributed by atoms with Crippen LogP contribution in [0.25, 0.3) is 16.6 Å². The molecule has 1 aromatic heterocycles. The van der Waals surface area contributed by atoms with Gasteiger partial charge in [0.05, 0.1) is 30.8 Å². The van der Waals surface area contributed by atoms with Gasteiger partial charge in [0.15, 0.2) is 0 Å². The van der Waals surface area contributed by atoms with E-state index in [9.17, 15) is 9.59 Å². The Morgan fingerprint density at radius 1 is 1.15 bits per heavy atom. The molecule has 136 valence electrons. The SMILES string of the molecule is COC(=O)[C@@H](N)Cc1ccc(-n2c(=O)c3cc(OC)ccc3n2C)cc1. The fraction of sp³-hybridized carbons (Fsp3) is 0.263. The van der Waals surface area contributed by atoms with Crippen molar-refractivity contribution >= 4 is 16.9 Å². The summed E-state index contributed by atoms with van der Waals surface area (Å²) in [6, 6.07) is 12.1. The summed E-state index contributed by atoms with van der Waals surface area (Å²) >= 11 is 0. The molecule has 0 unspecified atom stereocenters. The zero-order valence-electron chi connectivity index (χ0n) is 14.9. The molecule has 26 heavy (non-hydrogen) atoms. The predicted molar refractivity (Wildman–Crippen MR) is 98.8 cm³/mol. The van der Waals surface area contributed by atoms with Crippen LogP contribution in [-0.4, -0.2) is 35.6 Å². The van der Waals surface area contributed by atoms with Gasteiger partial charge in [-0.2, -0.15) is 0 Å². The summed E-state index contributed by atoms with van der Waals surface area (Å²) in [6.45, 7) is 0. The van der Waals surface area contributed by atoms with E-state index in [0.29, 0.717) is 17.6 Å². The average molecular weight is 355 g/mol. The lowest BCUT2D eigenvalue weighted by Gasteiger charge is -2.11. The van der Waals surface area contributed by atoms with Crippen molar-refractivity contribution in [2.45, 2.75) is 12.5 Å². The maximum absolute atomic E-state index is 12.8. The predicted octanol–water partition coefficient (Wildman–Crippen LogP) is 1.38. The quantitative estimate of drug-likeness (QED) is 0.699. The van der Waals surface area contributed by atoms with Gasteiger partial charge in [-0.3, -0.25) is 14.3 Å². The summed E-state index contributed by atoms with van der Waals surface area (Å²) in [5.41, 5.74) is 8.09. The molecule has 0 aliphatic carbocycles. The van der Waals surface area contributed by atoms with E-state index in [4.69, 9.17) is 10.5 Å². The monoisotopic (exact) mass is 355 g/mol. The van der Waals surface area contributed by atoms with Gasteiger partial charge in [-0.25, -0.2) is 4.68 Å². The van der Waals surface area contributed by atoms with E-state index in [1.807, 2.05) is 43.4 Å². The van der Waals surface area contributed by atoms with Gasteiger partial charge in [0, 0.05) is 7.05 Å². The minimum Gasteiger partial charge on any atom is -0.497 e. The summed E-state index contributed by atoms with van der Waals surface area (Å²) in [7, 11) is 4.71. The second-order valence-electron chi connectivity index (χ2n) is 6.02. The van der Waals surface area contributed by atoms with Crippen LogP contribution in [-0.2, 0) is 23.0 Å². The summed E-state index contributed by atoms with van der Waals surface area (Å²) in [6.07, 6.45) is 0.369. The maximum Gasteiger partial charge on any atom is 0.322 e. The highest BCUT2D eigenvalue weighted by Crippen LogP contribution is 2.20. The van der Waals surface area contributed by atoms with Crippen LogP contribution in [0.3, 0.4) is 0 Å². The Kier molecular flexibility index (Phi) is 4.81. The lowest BCUT2D eigenvalue weighted by molar-refractivity contribution is -0.142. The molecule has 0 amide bonds. The standard InChI is InChI=1S/C19H21N3O4/c1-21-17-9-8-14(25-2)11-15(17)18(23)22(21)13-6-4-12(5-7-13)10-16(20)19(24)26-3/h4-9,11,16H,10,20H2,1-3H3/t16-/m0/s1. The number of hydrogen-bond donors (Lipinski definition) is 1. The number of hydrogen-bond acceptors (Lipinski definition) is 5. The van der Waals surface area contributed by atoms with Gasteiger partial charge in [-0.1, -0.05) is 12.1 Å². The lowest BCUT2D eigenvalue weighted by Crippen LogP contribution is -2.33. The second kappa shape index (κ2) is 7.05. The van der Waals surface area contributed by atoms with Gasteiger partial charge < -0.3 is 15.2 Å². The van der Waals surface area contributed by atoms with E-state index in [2.05, 4.69) is 4.74 Å². The fourth-order valence-electron chi connectivity index (χ4n) is 3.01. The molecule has 7 nitrogen and oxygen atoms in total. The van der Waals surface area contributed by atoms with Gasteiger partial charge in [0.2, 0.25) is 0 Å². The van der Waals surface area contributed by atoms with Crippen molar-refractivity contribution in [2.75, 3.05) is 14.2 Å². The minimum absolute atomic E-state index is 0.125. The van der Waals surface area contributed by atoms with E-state index in [0.717, 1.165) is 16.8 Å². The van der Waals surface area contributed by atoms with Crippen LogP contribution >= 0.6 is 0 Å². The molecule has 1 heterocycles. The Labute approximate surface area is 150 Å². The Bertz CT molecular complexity index is 1000. The second-order valence-corrected chi connectivity index (χ2v) is 6.02. The number of methoxy groups -OCH3 is 2. The first-order chi connectivity index (χ1) is 12.5. The van der Waals surface area contributed by atoms with Crippen molar-refractivity contribution < 1.29 is 14.3 Å².